The normalized spacial score (nSPS) is 11.9. The van der Waals surface area contributed by atoms with Crippen molar-refractivity contribution in [1.82, 2.24) is 0 Å². The van der Waals surface area contributed by atoms with Crippen molar-refractivity contribution < 1.29 is 28.7 Å². The molecule has 8 nitrogen and oxygen atoms in total. The lowest BCUT2D eigenvalue weighted by Gasteiger charge is -2.06. The highest BCUT2D eigenvalue weighted by Gasteiger charge is 2.30. The van der Waals surface area contributed by atoms with Crippen molar-refractivity contribution in [2.75, 3.05) is 13.4 Å². The van der Waals surface area contributed by atoms with E-state index in [4.69, 9.17) is 14.2 Å². The molecule has 0 spiro atoms. The average molecular weight is 343 g/mol. The molecule has 0 amide bonds. The maximum atomic E-state index is 12.5. The number of fused-ring (bicyclic) bond motifs is 1. The number of benzene rings is 2. The van der Waals surface area contributed by atoms with Gasteiger partial charge in [0.25, 0.3) is 5.69 Å². The first-order chi connectivity index (χ1) is 12.0. The van der Waals surface area contributed by atoms with E-state index in [0.29, 0.717) is 12.4 Å². The van der Waals surface area contributed by atoms with Crippen LogP contribution in [0.25, 0.3) is 0 Å². The fourth-order valence-corrected chi connectivity index (χ4v) is 2.39. The molecule has 0 aliphatic carbocycles. The molecule has 0 bridgehead atoms. The predicted molar refractivity (Wildman–Crippen MR) is 85.5 cm³/mol. The van der Waals surface area contributed by atoms with Gasteiger partial charge < -0.3 is 14.2 Å². The van der Waals surface area contributed by atoms with Gasteiger partial charge in [-0.1, -0.05) is 0 Å². The Hall–Kier alpha value is -3.42. The van der Waals surface area contributed by atoms with Crippen molar-refractivity contribution in [1.29, 1.82) is 0 Å². The summed E-state index contributed by atoms with van der Waals surface area (Å²) in [6, 6.07) is 8.22. The summed E-state index contributed by atoms with van der Waals surface area (Å²) in [6.07, 6.45) is 0. The molecule has 1 aliphatic heterocycles. The van der Waals surface area contributed by atoms with Crippen molar-refractivity contribution in [3.63, 3.8) is 0 Å². The van der Waals surface area contributed by atoms with E-state index in [-0.39, 0.29) is 29.4 Å². The van der Waals surface area contributed by atoms with Gasteiger partial charge in [0, 0.05) is 11.6 Å². The third kappa shape index (κ3) is 3.14. The van der Waals surface area contributed by atoms with Crippen molar-refractivity contribution in [2.45, 2.75) is 6.92 Å². The van der Waals surface area contributed by atoms with Gasteiger partial charge in [-0.15, -0.1) is 0 Å². The minimum atomic E-state index is -0.992. The van der Waals surface area contributed by atoms with Gasteiger partial charge in [0.15, 0.2) is 11.5 Å². The molecule has 0 atom stereocenters. The Balaban J connectivity index is 1.94. The summed E-state index contributed by atoms with van der Waals surface area (Å²) in [4.78, 5) is 35.4. The number of hydrogen-bond acceptors (Lipinski definition) is 7. The van der Waals surface area contributed by atoms with Gasteiger partial charge in [0.05, 0.1) is 17.6 Å². The Morgan fingerprint density at radius 3 is 2.36 bits per heavy atom. The molecule has 128 valence electrons. The van der Waals surface area contributed by atoms with Crippen LogP contribution < -0.4 is 14.2 Å². The molecular weight excluding hydrogens is 330 g/mol. The van der Waals surface area contributed by atoms with Crippen LogP contribution in [-0.4, -0.2) is 29.9 Å². The minimum Gasteiger partial charge on any atom is -0.494 e. The number of carbonyl (C=O) groups excluding carboxylic acids is 2. The largest absolute Gasteiger partial charge is 0.494 e. The van der Waals surface area contributed by atoms with Gasteiger partial charge in [-0.05, 0) is 31.2 Å². The van der Waals surface area contributed by atoms with Crippen LogP contribution in [0.5, 0.6) is 17.2 Å². The molecule has 1 aliphatic rings. The highest BCUT2D eigenvalue weighted by molar-refractivity contribution is 6.50. The third-order valence-electron chi connectivity index (χ3n) is 3.57. The maximum absolute atomic E-state index is 12.5. The summed E-state index contributed by atoms with van der Waals surface area (Å²) in [5, 5.41) is 11.2. The van der Waals surface area contributed by atoms with Gasteiger partial charge in [-0.3, -0.25) is 19.7 Å². The standard InChI is InChI=1S/C17H13NO7/c1-2-23-11-5-3-10(4-6-11)16(19)17(20)12-7-14-15(25-9-24-14)8-13(12)18(21)22/h3-8H,2,9H2,1H3. The molecule has 0 fully saturated rings. The number of rotatable bonds is 6. The smallest absolute Gasteiger partial charge is 0.284 e. The Morgan fingerprint density at radius 1 is 1.12 bits per heavy atom. The molecule has 0 N–H and O–H groups in total. The first-order valence-electron chi connectivity index (χ1n) is 7.41. The number of nitrogens with zero attached hydrogens (tertiary/aromatic N) is 1. The van der Waals surface area contributed by atoms with Crippen molar-refractivity contribution in [3.8, 4) is 17.2 Å². The number of ether oxygens (including phenoxy) is 3. The molecule has 0 aromatic heterocycles. The van der Waals surface area contributed by atoms with Gasteiger partial charge in [-0.25, -0.2) is 0 Å². The van der Waals surface area contributed by atoms with Crippen LogP contribution in [0.15, 0.2) is 36.4 Å². The fraction of sp³-hybridized carbons (Fsp3) is 0.176. The van der Waals surface area contributed by atoms with Crippen LogP contribution in [-0.2, 0) is 0 Å². The maximum Gasteiger partial charge on any atom is 0.284 e. The van der Waals surface area contributed by atoms with Gasteiger partial charge in [0.1, 0.15) is 11.3 Å². The lowest BCUT2D eigenvalue weighted by Crippen LogP contribution is -2.16. The second-order valence-electron chi connectivity index (χ2n) is 5.10. The van der Waals surface area contributed by atoms with E-state index in [1.807, 2.05) is 6.92 Å². The van der Waals surface area contributed by atoms with E-state index < -0.39 is 22.2 Å². The zero-order valence-electron chi connectivity index (χ0n) is 13.2. The third-order valence-corrected chi connectivity index (χ3v) is 3.57. The Labute approximate surface area is 142 Å². The summed E-state index contributed by atoms with van der Waals surface area (Å²) in [5.74, 6) is -0.940. The van der Waals surface area contributed by atoms with Crippen molar-refractivity contribution >= 4 is 17.3 Å². The second-order valence-corrected chi connectivity index (χ2v) is 5.10. The quantitative estimate of drug-likeness (QED) is 0.344. The fourth-order valence-electron chi connectivity index (χ4n) is 2.39. The van der Waals surface area contributed by atoms with Crippen LogP contribution >= 0.6 is 0 Å². The van der Waals surface area contributed by atoms with Gasteiger partial charge in [0.2, 0.25) is 18.4 Å². The Kier molecular flexibility index (Phi) is 4.34. The number of hydrogen-bond donors (Lipinski definition) is 0. The summed E-state index contributed by atoms with van der Waals surface area (Å²) in [5.41, 5.74) is -0.734. The zero-order chi connectivity index (χ0) is 18.0. The first kappa shape index (κ1) is 16.4. The van der Waals surface area contributed by atoms with Gasteiger partial charge >= 0.3 is 0 Å². The first-order valence-corrected chi connectivity index (χ1v) is 7.41. The molecule has 8 heteroatoms. The monoisotopic (exact) mass is 343 g/mol. The Morgan fingerprint density at radius 2 is 1.76 bits per heavy atom. The molecule has 0 unspecified atom stereocenters. The zero-order valence-corrected chi connectivity index (χ0v) is 13.2. The molecule has 0 saturated carbocycles. The Bertz CT molecular complexity index is 858. The highest BCUT2D eigenvalue weighted by atomic mass is 16.7. The van der Waals surface area contributed by atoms with E-state index in [1.54, 1.807) is 12.1 Å². The number of nitro benzene ring substituents is 1. The number of carbonyl (C=O) groups is 2. The number of Topliss-reactive ketones (excluding diaryl/α,β-unsaturated/α-hetero) is 2. The van der Waals surface area contributed by atoms with E-state index >= 15 is 0 Å². The van der Waals surface area contributed by atoms with Gasteiger partial charge in [-0.2, -0.15) is 0 Å². The van der Waals surface area contributed by atoms with Crippen LogP contribution in [0.2, 0.25) is 0 Å². The molecule has 0 saturated heterocycles. The molecular formula is C17H13NO7. The van der Waals surface area contributed by atoms with Crippen LogP contribution in [0.4, 0.5) is 5.69 Å². The lowest BCUT2D eigenvalue weighted by molar-refractivity contribution is -0.385. The number of ketones is 2. The van der Waals surface area contributed by atoms with Crippen LogP contribution in [0.3, 0.4) is 0 Å². The molecule has 2 aromatic rings. The summed E-state index contributed by atoms with van der Waals surface area (Å²) >= 11 is 0. The second kappa shape index (κ2) is 6.60. The van der Waals surface area contributed by atoms with Crippen LogP contribution in [0, 0.1) is 10.1 Å². The van der Waals surface area contributed by atoms with E-state index in [1.165, 1.54) is 12.1 Å². The minimum absolute atomic E-state index is 0.100. The average Bonchev–Trinajstić information content (AvgIpc) is 3.07. The summed E-state index contributed by atoms with van der Waals surface area (Å²) < 4.78 is 15.5. The van der Waals surface area contributed by atoms with Crippen LogP contribution in [0.1, 0.15) is 27.6 Å². The molecule has 3 rings (SSSR count). The van der Waals surface area contributed by atoms with Crippen molar-refractivity contribution in [3.05, 3.63) is 57.6 Å². The highest BCUT2D eigenvalue weighted by Crippen LogP contribution is 2.38. The molecule has 0 radical (unpaired) electrons. The molecule has 2 aromatic carbocycles. The SMILES string of the molecule is CCOc1ccc(C(=O)C(=O)c2cc3c(cc2[N+](=O)[O-])OCO3)cc1. The predicted octanol–water partition coefficient (Wildman–Crippen LogP) is 2.79. The van der Waals surface area contributed by atoms with E-state index in [2.05, 4.69) is 0 Å². The molecule has 25 heavy (non-hydrogen) atoms. The van der Waals surface area contributed by atoms with E-state index in [9.17, 15) is 19.7 Å². The summed E-state index contributed by atoms with van der Waals surface area (Å²) in [6.45, 7) is 2.19. The van der Waals surface area contributed by atoms with Crippen molar-refractivity contribution in [2.24, 2.45) is 0 Å². The topological polar surface area (TPSA) is 105 Å². The number of nitro groups is 1. The summed E-state index contributed by atoms with van der Waals surface area (Å²) in [7, 11) is 0. The van der Waals surface area contributed by atoms with E-state index in [0.717, 1.165) is 12.1 Å². The lowest BCUT2D eigenvalue weighted by atomic mass is 9.99. The molecule has 1 heterocycles.